The third-order valence-corrected chi connectivity index (χ3v) is 2.67. The van der Waals surface area contributed by atoms with Crippen molar-refractivity contribution in [2.45, 2.75) is 6.04 Å². The van der Waals surface area contributed by atoms with Crippen LogP contribution in [0.3, 0.4) is 0 Å². The summed E-state index contributed by atoms with van der Waals surface area (Å²) in [6.07, 6.45) is 0. The molecule has 2 saturated heterocycles. The number of hydrogen-bond donors (Lipinski definition) is 1. The number of hydrogen-bond acceptors (Lipinski definition) is 3. The molecule has 0 bridgehead atoms. The van der Waals surface area contributed by atoms with E-state index in [4.69, 9.17) is 0 Å². The Kier molecular flexibility index (Phi) is 1.95. The lowest BCUT2D eigenvalue weighted by atomic mass is 10.1. The summed E-state index contributed by atoms with van der Waals surface area (Å²) in [5.74, 6) is -0.724. The van der Waals surface area contributed by atoms with E-state index in [9.17, 15) is 9.59 Å². The van der Waals surface area contributed by atoms with Gasteiger partial charge in [-0.3, -0.25) is 9.59 Å². The van der Waals surface area contributed by atoms with Crippen molar-refractivity contribution in [1.82, 2.24) is 15.1 Å². The van der Waals surface area contributed by atoms with Gasteiger partial charge in [0.2, 0.25) is 0 Å². The largest absolute Gasteiger partial charge is 0.336 e. The smallest absolute Gasteiger partial charge is 0.312 e. The van der Waals surface area contributed by atoms with E-state index in [1.54, 1.807) is 11.9 Å². The zero-order chi connectivity index (χ0) is 9.42. The van der Waals surface area contributed by atoms with Crippen LogP contribution in [0.25, 0.3) is 0 Å². The van der Waals surface area contributed by atoms with E-state index in [1.807, 2.05) is 0 Å². The normalized spacial score (nSPS) is 25.0. The van der Waals surface area contributed by atoms with Crippen molar-refractivity contribution in [1.29, 1.82) is 0 Å². The third kappa shape index (κ3) is 1.29. The summed E-state index contributed by atoms with van der Waals surface area (Å²) in [5.41, 5.74) is 0. The molecule has 0 atom stereocenters. The van der Waals surface area contributed by atoms with Gasteiger partial charge in [-0.15, -0.1) is 0 Å². The molecular weight excluding hydrogens is 170 g/mol. The fourth-order valence-corrected chi connectivity index (χ4v) is 1.59. The molecule has 0 spiro atoms. The Morgan fingerprint density at radius 2 is 1.92 bits per heavy atom. The minimum absolute atomic E-state index is 0.241. The fraction of sp³-hybridized carbons (Fsp3) is 0.750. The van der Waals surface area contributed by atoms with Crippen LogP contribution in [0.2, 0.25) is 0 Å². The number of nitrogens with zero attached hydrogens (tertiary/aromatic N) is 2. The number of piperazine rings is 1. The second-order valence-corrected chi connectivity index (χ2v) is 3.54. The average Bonchev–Trinajstić information content (AvgIpc) is 2.03. The van der Waals surface area contributed by atoms with Crippen LogP contribution in [-0.2, 0) is 9.59 Å². The van der Waals surface area contributed by atoms with Crippen molar-refractivity contribution in [3.05, 3.63) is 0 Å². The van der Waals surface area contributed by atoms with E-state index in [0.717, 1.165) is 13.1 Å². The van der Waals surface area contributed by atoms with Crippen molar-refractivity contribution >= 4 is 11.8 Å². The first-order valence-electron chi connectivity index (χ1n) is 4.47. The van der Waals surface area contributed by atoms with Crippen LogP contribution in [0.15, 0.2) is 0 Å². The van der Waals surface area contributed by atoms with Crippen molar-refractivity contribution in [3.63, 3.8) is 0 Å². The average molecular weight is 183 g/mol. The Morgan fingerprint density at radius 1 is 1.23 bits per heavy atom. The summed E-state index contributed by atoms with van der Waals surface area (Å²) in [6, 6.07) is 0.241. The Morgan fingerprint density at radius 3 is 2.46 bits per heavy atom. The van der Waals surface area contributed by atoms with E-state index in [0.29, 0.717) is 13.1 Å². The zero-order valence-electron chi connectivity index (χ0n) is 7.62. The number of likely N-dealkylation sites (N-methyl/N-ethyl adjacent to an activating group) is 1. The van der Waals surface area contributed by atoms with Gasteiger partial charge in [0.15, 0.2) is 0 Å². The lowest BCUT2D eigenvalue weighted by Crippen LogP contribution is -2.64. The number of carbonyl (C=O) groups is 2. The molecule has 13 heavy (non-hydrogen) atoms. The van der Waals surface area contributed by atoms with Gasteiger partial charge in [-0.2, -0.15) is 0 Å². The Balaban J connectivity index is 2.05. The van der Waals surface area contributed by atoms with Crippen molar-refractivity contribution in [2.24, 2.45) is 0 Å². The molecule has 2 heterocycles. The lowest BCUT2D eigenvalue weighted by Gasteiger charge is -2.41. The highest BCUT2D eigenvalue weighted by Gasteiger charge is 2.36. The monoisotopic (exact) mass is 183 g/mol. The van der Waals surface area contributed by atoms with E-state index in [2.05, 4.69) is 5.32 Å². The molecule has 2 rings (SSSR count). The molecule has 2 fully saturated rings. The second-order valence-electron chi connectivity index (χ2n) is 3.54. The predicted molar refractivity (Wildman–Crippen MR) is 46.0 cm³/mol. The first kappa shape index (κ1) is 8.50. The molecule has 2 aliphatic rings. The number of amides is 2. The molecule has 1 N–H and O–H groups in total. The van der Waals surface area contributed by atoms with Crippen LogP contribution >= 0.6 is 0 Å². The summed E-state index contributed by atoms with van der Waals surface area (Å²) in [6.45, 7) is 2.97. The molecule has 0 radical (unpaired) electrons. The molecule has 0 aromatic heterocycles. The molecule has 0 unspecified atom stereocenters. The van der Waals surface area contributed by atoms with Crippen LogP contribution in [-0.4, -0.2) is 60.9 Å². The maximum atomic E-state index is 11.5. The fourth-order valence-electron chi connectivity index (χ4n) is 1.59. The van der Waals surface area contributed by atoms with E-state index in [1.165, 1.54) is 4.90 Å². The van der Waals surface area contributed by atoms with Crippen molar-refractivity contribution in [3.8, 4) is 0 Å². The van der Waals surface area contributed by atoms with Crippen LogP contribution in [0.5, 0.6) is 0 Å². The topological polar surface area (TPSA) is 52.6 Å². The highest BCUT2D eigenvalue weighted by atomic mass is 16.2. The van der Waals surface area contributed by atoms with Gasteiger partial charge in [0, 0.05) is 33.2 Å². The first-order chi connectivity index (χ1) is 6.20. The van der Waals surface area contributed by atoms with Gasteiger partial charge in [-0.25, -0.2) is 0 Å². The van der Waals surface area contributed by atoms with E-state index < -0.39 is 0 Å². The molecule has 5 nitrogen and oxygen atoms in total. The van der Waals surface area contributed by atoms with E-state index in [-0.39, 0.29) is 17.9 Å². The number of nitrogens with one attached hydrogen (secondary N) is 1. The van der Waals surface area contributed by atoms with Crippen LogP contribution in [0.1, 0.15) is 0 Å². The molecule has 0 aliphatic carbocycles. The quantitative estimate of drug-likeness (QED) is 0.491. The summed E-state index contributed by atoms with van der Waals surface area (Å²) >= 11 is 0. The number of rotatable bonds is 1. The van der Waals surface area contributed by atoms with Gasteiger partial charge in [-0.05, 0) is 0 Å². The van der Waals surface area contributed by atoms with E-state index >= 15 is 0 Å². The Bertz CT molecular complexity index is 250. The highest BCUT2D eigenvalue weighted by molar-refractivity contribution is 6.35. The molecule has 0 aromatic rings. The van der Waals surface area contributed by atoms with Gasteiger partial charge in [0.25, 0.3) is 0 Å². The molecule has 2 aliphatic heterocycles. The maximum absolute atomic E-state index is 11.5. The minimum atomic E-state index is -0.377. The highest BCUT2D eigenvalue weighted by Crippen LogP contribution is 2.10. The summed E-state index contributed by atoms with van der Waals surface area (Å²) < 4.78 is 0. The van der Waals surface area contributed by atoms with Crippen molar-refractivity contribution in [2.75, 3.05) is 33.2 Å². The summed E-state index contributed by atoms with van der Waals surface area (Å²) in [5, 5.41) is 3.09. The minimum Gasteiger partial charge on any atom is -0.336 e. The molecule has 0 saturated carbocycles. The van der Waals surface area contributed by atoms with Crippen LogP contribution in [0, 0.1) is 0 Å². The van der Waals surface area contributed by atoms with Gasteiger partial charge >= 0.3 is 11.8 Å². The Hall–Kier alpha value is -1.10. The molecule has 5 heteroatoms. The Labute approximate surface area is 76.7 Å². The standard InChI is InChI=1S/C8H13N3O2/c1-10-2-3-11(6-4-9-5-6)8(13)7(10)12/h6,9H,2-5H2,1H3. The molecular formula is C8H13N3O2. The van der Waals surface area contributed by atoms with Gasteiger partial charge in [-0.1, -0.05) is 0 Å². The first-order valence-corrected chi connectivity index (χ1v) is 4.47. The van der Waals surface area contributed by atoms with Gasteiger partial charge < -0.3 is 15.1 Å². The molecule has 2 amide bonds. The maximum Gasteiger partial charge on any atom is 0.312 e. The number of carbonyl (C=O) groups excluding carboxylic acids is 2. The predicted octanol–water partition coefficient (Wildman–Crippen LogP) is -1.74. The molecule has 0 aromatic carbocycles. The second kappa shape index (κ2) is 2.99. The summed E-state index contributed by atoms with van der Waals surface area (Å²) in [4.78, 5) is 25.9. The lowest BCUT2D eigenvalue weighted by molar-refractivity contribution is -0.157. The molecule has 72 valence electrons. The van der Waals surface area contributed by atoms with Gasteiger partial charge in [0.05, 0.1) is 6.04 Å². The third-order valence-electron chi connectivity index (χ3n) is 2.67. The van der Waals surface area contributed by atoms with Crippen LogP contribution < -0.4 is 5.32 Å². The van der Waals surface area contributed by atoms with Gasteiger partial charge in [0.1, 0.15) is 0 Å². The van der Waals surface area contributed by atoms with Crippen LogP contribution in [0.4, 0.5) is 0 Å². The van der Waals surface area contributed by atoms with Crippen molar-refractivity contribution < 1.29 is 9.59 Å². The summed E-state index contributed by atoms with van der Waals surface area (Å²) in [7, 11) is 1.66. The zero-order valence-corrected chi connectivity index (χ0v) is 7.62. The SMILES string of the molecule is CN1CCN(C2CNC2)C(=O)C1=O.